The van der Waals surface area contributed by atoms with Crippen molar-refractivity contribution in [3.8, 4) is 5.75 Å². The molecule has 4 N–H and O–H groups in total. The Bertz CT molecular complexity index is 508. The van der Waals surface area contributed by atoms with Gasteiger partial charge >= 0.3 is 0 Å². The molecule has 154 valence electrons. The number of anilines is 1. The third kappa shape index (κ3) is 10.2. The van der Waals surface area contributed by atoms with Crippen molar-refractivity contribution in [3.05, 3.63) is 29.5 Å². The number of unbranched alkanes of at least 4 members (excludes halogenated alkanes) is 9. The number of ether oxygens (including phenoxy) is 1. The lowest BCUT2D eigenvalue weighted by molar-refractivity contribution is -0.128. The summed E-state index contributed by atoms with van der Waals surface area (Å²) in [6.07, 6.45) is 12.1. The van der Waals surface area contributed by atoms with E-state index < -0.39 is 6.10 Å². The summed E-state index contributed by atoms with van der Waals surface area (Å²) in [7, 11) is 0. The number of carbonyl (C=O) groups is 1. The van der Waals surface area contributed by atoms with Gasteiger partial charge in [-0.3, -0.25) is 15.4 Å². The first kappa shape index (κ1) is 23.2. The molecule has 0 aromatic heterocycles. The first-order chi connectivity index (χ1) is 13.1. The average Bonchev–Trinajstić information content (AvgIpc) is 2.68. The van der Waals surface area contributed by atoms with Crippen LogP contribution in [0.2, 0.25) is 0 Å². The van der Waals surface area contributed by atoms with Gasteiger partial charge in [0.2, 0.25) is 0 Å². The molecule has 0 fully saturated rings. The Morgan fingerprint density at radius 3 is 2.07 bits per heavy atom. The summed E-state index contributed by atoms with van der Waals surface area (Å²) in [6, 6.07) is 5.90. The number of amides is 1. The molecular formula is C20H34N3O4-. The maximum atomic E-state index is 11.9. The standard InChI is InChI=1S/C20H34N3O4/c1-2-3-4-5-6-7-8-9-10-11-12-19(20(24)22-21)27-18-15-13-17(14-16-18)23(25)26/h13-16,19,25H,2-12,21H2,1H3,(H,22,24)/q-1/t19-/m0/s1. The molecule has 0 aliphatic heterocycles. The maximum Gasteiger partial charge on any atom is 0.274 e. The Morgan fingerprint density at radius 2 is 1.59 bits per heavy atom. The number of nitrogens with two attached hydrogens (primary N) is 1. The van der Waals surface area contributed by atoms with Crippen LogP contribution in [0.1, 0.15) is 77.6 Å². The highest BCUT2D eigenvalue weighted by Crippen LogP contribution is 2.20. The van der Waals surface area contributed by atoms with E-state index in [0.717, 1.165) is 19.3 Å². The van der Waals surface area contributed by atoms with Gasteiger partial charge in [-0.05, 0) is 37.1 Å². The van der Waals surface area contributed by atoms with E-state index in [1.165, 1.54) is 69.2 Å². The van der Waals surface area contributed by atoms with Gasteiger partial charge in [-0.2, -0.15) is 0 Å². The van der Waals surface area contributed by atoms with Crippen LogP contribution in [0, 0.1) is 5.21 Å². The Morgan fingerprint density at radius 1 is 1.07 bits per heavy atom. The van der Waals surface area contributed by atoms with Crippen molar-refractivity contribution in [2.75, 3.05) is 5.23 Å². The van der Waals surface area contributed by atoms with Crippen LogP contribution in [-0.2, 0) is 4.79 Å². The van der Waals surface area contributed by atoms with Gasteiger partial charge in [0.25, 0.3) is 5.91 Å². The summed E-state index contributed by atoms with van der Waals surface area (Å²) >= 11 is 0. The lowest BCUT2D eigenvalue weighted by Crippen LogP contribution is -2.42. The molecule has 27 heavy (non-hydrogen) atoms. The van der Waals surface area contributed by atoms with Gasteiger partial charge in [0.05, 0.1) is 5.69 Å². The van der Waals surface area contributed by atoms with E-state index in [2.05, 4.69) is 12.3 Å². The zero-order valence-electron chi connectivity index (χ0n) is 16.4. The molecule has 0 bridgehead atoms. The summed E-state index contributed by atoms with van der Waals surface area (Å²) in [5.74, 6) is 5.32. The van der Waals surface area contributed by atoms with Gasteiger partial charge in [-0.15, -0.1) is 0 Å². The van der Waals surface area contributed by atoms with Gasteiger partial charge in [-0.1, -0.05) is 64.7 Å². The predicted octanol–water partition coefficient (Wildman–Crippen LogP) is 4.43. The van der Waals surface area contributed by atoms with Crippen LogP contribution in [0.4, 0.5) is 5.69 Å². The van der Waals surface area contributed by atoms with Crippen molar-refractivity contribution >= 4 is 11.6 Å². The second-order valence-electron chi connectivity index (χ2n) is 6.85. The highest BCUT2D eigenvalue weighted by atomic mass is 16.8. The molecule has 1 aromatic rings. The zero-order valence-corrected chi connectivity index (χ0v) is 16.4. The van der Waals surface area contributed by atoms with Gasteiger partial charge in [0, 0.05) is 0 Å². The van der Waals surface area contributed by atoms with Crippen molar-refractivity contribution in [3.63, 3.8) is 0 Å². The number of carbonyl (C=O) groups excluding carboxylic acids is 1. The molecule has 1 atom stereocenters. The van der Waals surface area contributed by atoms with Gasteiger partial charge in [-0.25, -0.2) is 5.84 Å². The Hall–Kier alpha value is -1.83. The number of hydrogen-bond acceptors (Lipinski definition) is 6. The minimum atomic E-state index is -0.674. The lowest BCUT2D eigenvalue weighted by Gasteiger charge is -2.22. The van der Waals surface area contributed by atoms with Crippen LogP contribution in [0.5, 0.6) is 5.75 Å². The molecule has 0 heterocycles. The van der Waals surface area contributed by atoms with Crippen molar-refractivity contribution in [2.45, 2.75) is 83.7 Å². The maximum absolute atomic E-state index is 11.9. The summed E-state index contributed by atoms with van der Waals surface area (Å²) in [4.78, 5) is 11.9. The van der Waals surface area contributed by atoms with E-state index in [1.54, 1.807) is 0 Å². The van der Waals surface area contributed by atoms with E-state index in [1.807, 2.05) is 0 Å². The van der Waals surface area contributed by atoms with Crippen LogP contribution < -0.4 is 21.2 Å². The smallest absolute Gasteiger partial charge is 0.274 e. The summed E-state index contributed by atoms with van der Waals surface area (Å²) in [5.41, 5.74) is 2.23. The van der Waals surface area contributed by atoms with Crippen molar-refractivity contribution < 1.29 is 14.7 Å². The molecule has 0 unspecified atom stereocenters. The second-order valence-corrected chi connectivity index (χ2v) is 6.85. The Labute approximate surface area is 162 Å². The molecule has 0 saturated heterocycles. The number of hydrogen-bond donors (Lipinski definition) is 3. The third-order valence-electron chi connectivity index (χ3n) is 4.59. The minimum absolute atomic E-state index is 0.0943. The van der Waals surface area contributed by atoms with E-state index in [4.69, 9.17) is 15.8 Å². The lowest BCUT2D eigenvalue weighted by atomic mass is 10.0. The Balaban J connectivity index is 2.27. The second kappa shape index (κ2) is 14.3. The first-order valence-electron chi connectivity index (χ1n) is 10.0. The number of benzene rings is 1. The molecule has 1 amide bonds. The average molecular weight is 381 g/mol. The highest BCUT2D eigenvalue weighted by molar-refractivity contribution is 5.80. The summed E-state index contributed by atoms with van der Waals surface area (Å²) in [6.45, 7) is 2.23. The molecule has 0 radical (unpaired) electrons. The minimum Gasteiger partial charge on any atom is -0.733 e. The normalized spacial score (nSPS) is 11.9. The van der Waals surface area contributed by atoms with Crippen molar-refractivity contribution in [1.29, 1.82) is 0 Å². The highest BCUT2D eigenvalue weighted by Gasteiger charge is 2.19. The topological polar surface area (TPSA) is 111 Å². The van der Waals surface area contributed by atoms with E-state index >= 15 is 0 Å². The van der Waals surface area contributed by atoms with Crippen LogP contribution >= 0.6 is 0 Å². The number of nitrogens with zero attached hydrogens (tertiary/aromatic N) is 1. The Kier molecular flexibility index (Phi) is 12.3. The molecule has 0 spiro atoms. The van der Waals surface area contributed by atoms with Crippen LogP contribution in [0.15, 0.2) is 24.3 Å². The summed E-state index contributed by atoms with van der Waals surface area (Å²) in [5, 5.41) is 19.4. The molecule has 0 aliphatic carbocycles. The van der Waals surface area contributed by atoms with Crippen LogP contribution in [0.3, 0.4) is 0 Å². The van der Waals surface area contributed by atoms with E-state index in [9.17, 15) is 10.0 Å². The van der Waals surface area contributed by atoms with E-state index in [-0.39, 0.29) is 16.8 Å². The predicted molar refractivity (Wildman–Crippen MR) is 107 cm³/mol. The first-order valence-corrected chi connectivity index (χ1v) is 10.0. The molecule has 0 aliphatic rings. The van der Waals surface area contributed by atoms with Crippen molar-refractivity contribution in [2.24, 2.45) is 5.84 Å². The van der Waals surface area contributed by atoms with Crippen molar-refractivity contribution in [1.82, 2.24) is 5.43 Å². The SMILES string of the molecule is CCCCCCCCCCCC[C@H](Oc1ccc(N([O-])O)cc1)C(=O)NN. The monoisotopic (exact) mass is 380 g/mol. The molecule has 0 saturated carbocycles. The van der Waals surface area contributed by atoms with Crippen LogP contribution in [0.25, 0.3) is 0 Å². The fourth-order valence-corrected chi connectivity index (χ4v) is 2.97. The molecular weight excluding hydrogens is 346 g/mol. The van der Waals surface area contributed by atoms with Gasteiger partial charge in [0.15, 0.2) is 6.10 Å². The third-order valence-corrected chi connectivity index (χ3v) is 4.59. The molecule has 1 aromatic carbocycles. The largest absolute Gasteiger partial charge is 0.733 e. The zero-order chi connectivity index (χ0) is 19.9. The van der Waals surface area contributed by atoms with E-state index in [0.29, 0.717) is 12.2 Å². The fourth-order valence-electron chi connectivity index (χ4n) is 2.97. The molecule has 1 rings (SSSR count). The fraction of sp³-hybridized carbons (Fsp3) is 0.650. The summed E-state index contributed by atoms with van der Waals surface area (Å²) < 4.78 is 5.69. The molecule has 7 nitrogen and oxygen atoms in total. The molecule has 7 heteroatoms. The number of hydrazine groups is 1. The number of rotatable bonds is 15. The van der Waals surface area contributed by atoms with Gasteiger partial charge in [0.1, 0.15) is 5.75 Å². The van der Waals surface area contributed by atoms with Gasteiger partial charge < -0.3 is 15.2 Å². The van der Waals surface area contributed by atoms with Crippen LogP contribution in [-0.4, -0.2) is 17.2 Å². The number of nitrogens with one attached hydrogen (secondary N) is 1. The quantitative estimate of drug-likeness (QED) is 0.180.